The second-order valence-corrected chi connectivity index (χ2v) is 8.33. The van der Waals surface area contributed by atoms with Gasteiger partial charge in [-0.1, -0.05) is 49.0 Å². The highest BCUT2D eigenvalue weighted by Crippen LogP contribution is 2.24. The average Bonchev–Trinajstić information content (AvgIpc) is 3.23. The SMILES string of the molecule is CC1CCN(c2ccc(NC(=O)CSc3n[nH]c(-c4ccccc4)n3)cc2)CC1. The summed E-state index contributed by atoms with van der Waals surface area (Å²) in [5.74, 6) is 1.71. The summed E-state index contributed by atoms with van der Waals surface area (Å²) in [6.45, 7) is 4.52. The van der Waals surface area contributed by atoms with Crippen molar-refractivity contribution in [2.45, 2.75) is 24.9 Å². The average molecular weight is 408 g/mol. The Morgan fingerprint density at radius 3 is 2.59 bits per heavy atom. The van der Waals surface area contributed by atoms with Crippen LogP contribution in [0.25, 0.3) is 11.4 Å². The number of amides is 1. The van der Waals surface area contributed by atoms with Crippen LogP contribution in [0.15, 0.2) is 59.8 Å². The van der Waals surface area contributed by atoms with E-state index in [2.05, 4.69) is 44.5 Å². The standard InChI is InChI=1S/C22H25N5OS/c1-16-11-13-27(14-12-16)19-9-7-18(8-10-19)23-20(28)15-29-22-24-21(25-26-22)17-5-3-2-4-6-17/h2-10,16H,11-15H2,1H3,(H,23,28)(H,24,25,26). The molecule has 1 saturated heterocycles. The predicted octanol–water partition coefficient (Wildman–Crippen LogP) is 4.44. The van der Waals surface area contributed by atoms with Crippen molar-refractivity contribution in [3.63, 3.8) is 0 Å². The van der Waals surface area contributed by atoms with Crippen molar-refractivity contribution in [2.75, 3.05) is 29.1 Å². The minimum atomic E-state index is -0.0689. The number of nitrogens with zero attached hydrogens (tertiary/aromatic N) is 3. The van der Waals surface area contributed by atoms with Gasteiger partial charge in [-0.3, -0.25) is 9.89 Å². The third kappa shape index (κ3) is 5.17. The van der Waals surface area contributed by atoms with Gasteiger partial charge in [0.1, 0.15) is 0 Å². The number of nitrogens with one attached hydrogen (secondary N) is 2. The number of thioether (sulfide) groups is 1. The van der Waals surface area contributed by atoms with E-state index in [1.165, 1.54) is 30.3 Å². The van der Waals surface area contributed by atoms with Gasteiger partial charge in [-0.15, -0.1) is 5.10 Å². The van der Waals surface area contributed by atoms with E-state index in [1.807, 2.05) is 42.5 Å². The fourth-order valence-corrected chi connectivity index (χ4v) is 3.98. The largest absolute Gasteiger partial charge is 0.372 e. The molecule has 0 atom stereocenters. The molecule has 0 aliphatic carbocycles. The van der Waals surface area contributed by atoms with Crippen molar-refractivity contribution in [1.82, 2.24) is 15.2 Å². The summed E-state index contributed by atoms with van der Waals surface area (Å²) in [5, 5.41) is 10.6. The Balaban J connectivity index is 1.27. The lowest BCUT2D eigenvalue weighted by Gasteiger charge is -2.32. The van der Waals surface area contributed by atoms with Crippen LogP contribution in [0.4, 0.5) is 11.4 Å². The van der Waals surface area contributed by atoms with Crippen molar-refractivity contribution < 1.29 is 4.79 Å². The van der Waals surface area contributed by atoms with Crippen LogP contribution in [0.1, 0.15) is 19.8 Å². The Morgan fingerprint density at radius 1 is 1.14 bits per heavy atom. The Morgan fingerprint density at radius 2 is 1.86 bits per heavy atom. The van der Waals surface area contributed by atoms with Crippen LogP contribution in [0.2, 0.25) is 0 Å². The van der Waals surface area contributed by atoms with Gasteiger partial charge in [0, 0.05) is 30.0 Å². The van der Waals surface area contributed by atoms with E-state index in [4.69, 9.17) is 0 Å². The number of hydrogen-bond donors (Lipinski definition) is 2. The molecule has 3 aromatic rings. The molecule has 7 heteroatoms. The van der Waals surface area contributed by atoms with Gasteiger partial charge in [-0.25, -0.2) is 4.98 Å². The summed E-state index contributed by atoms with van der Waals surface area (Å²) < 4.78 is 0. The zero-order chi connectivity index (χ0) is 20.1. The smallest absolute Gasteiger partial charge is 0.234 e. The molecule has 6 nitrogen and oxygen atoms in total. The maximum atomic E-state index is 12.3. The number of hydrogen-bond acceptors (Lipinski definition) is 5. The molecule has 2 N–H and O–H groups in total. The van der Waals surface area contributed by atoms with Crippen LogP contribution < -0.4 is 10.2 Å². The van der Waals surface area contributed by atoms with E-state index in [1.54, 1.807) is 0 Å². The molecule has 0 bridgehead atoms. The van der Waals surface area contributed by atoms with Gasteiger partial charge in [0.2, 0.25) is 11.1 Å². The van der Waals surface area contributed by atoms with Crippen LogP contribution in [0.5, 0.6) is 0 Å². The first-order valence-electron chi connectivity index (χ1n) is 9.93. The van der Waals surface area contributed by atoms with Crippen LogP contribution in [0, 0.1) is 5.92 Å². The van der Waals surface area contributed by atoms with Crippen LogP contribution in [-0.2, 0) is 4.79 Å². The normalized spacial score (nSPS) is 14.7. The van der Waals surface area contributed by atoms with Crippen molar-refractivity contribution in [3.8, 4) is 11.4 Å². The minimum absolute atomic E-state index is 0.0689. The number of carbonyl (C=O) groups excluding carboxylic acids is 1. The monoisotopic (exact) mass is 407 g/mol. The summed E-state index contributed by atoms with van der Waals surface area (Å²) in [5.41, 5.74) is 3.00. The van der Waals surface area contributed by atoms with E-state index in [-0.39, 0.29) is 11.7 Å². The quantitative estimate of drug-likeness (QED) is 0.591. The number of H-pyrrole nitrogens is 1. The van der Waals surface area contributed by atoms with Crippen molar-refractivity contribution in [3.05, 3.63) is 54.6 Å². The Kier molecular flexibility index (Phi) is 6.14. The number of anilines is 2. The number of carbonyl (C=O) groups is 1. The molecule has 0 radical (unpaired) electrons. The topological polar surface area (TPSA) is 73.9 Å². The first-order valence-corrected chi connectivity index (χ1v) is 10.9. The second-order valence-electron chi connectivity index (χ2n) is 7.39. The Labute approximate surface area is 175 Å². The van der Waals surface area contributed by atoms with Crippen molar-refractivity contribution in [1.29, 1.82) is 0 Å². The van der Waals surface area contributed by atoms with Crippen LogP contribution >= 0.6 is 11.8 Å². The van der Waals surface area contributed by atoms with Gasteiger partial charge >= 0.3 is 0 Å². The highest BCUT2D eigenvalue weighted by molar-refractivity contribution is 7.99. The van der Waals surface area contributed by atoms with Gasteiger partial charge in [-0.2, -0.15) is 0 Å². The molecule has 1 aliphatic rings. The molecule has 0 spiro atoms. The van der Waals surface area contributed by atoms with Gasteiger partial charge in [0.15, 0.2) is 5.82 Å². The number of benzene rings is 2. The highest BCUT2D eigenvalue weighted by atomic mass is 32.2. The maximum absolute atomic E-state index is 12.3. The fourth-order valence-electron chi connectivity index (χ4n) is 3.39. The molecule has 0 saturated carbocycles. The fraction of sp³-hybridized carbons (Fsp3) is 0.318. The molecule has 1 amide bonds. The molecule has 150 valence electrons. The number of rotatable bonds is 6. The molecule has 1 fully saturated rings. The summed E-state index contributed by atoms with van der Waals surface area (Å²) in [4.78, 5) is 19.1. The predicted molar refractivity (Wildman–Crippen MR) is 118 cm³/mol. The molecule has 2 heterocycles. The lowest BCUT2D eigenvalue weighted by Crippen LogP contribution is -2.32. The van der Waals surface area contributed by atoms with E-state index >= 15 is 0 Å². The third-order valence-electron chi connectivity index (χ3n) is 5.14. The summed E-state index contributed by atoms with van der Waals surface area (Å²) >= 11 is 1.32. The number of piperidine rings is 1. The van der Waals surface area contributed by atoms with E-state index in [9.17, 15) is 4.79 Å². The lowest BCUT2D eigenvalue weighted by atomic mass is 9.99. The molecular weight excluding hydrogens is 382 g/mol. The van der Waals surface area contributed by atoms with Crippen LogP contribution in [-0.4, -0.2) is 39.9 Å². The Hall–Kier alpha value is -2.80. The lowest BCUT2D eigenvalue weighted by molar-refractivity contribution is -0.113. The number of aromatic nitrogens is 3. The molecule has 1 aromatic heterocycles. The summed E-state index contributed by atoms with van der Waals surface area (Å²) in [6, 6.07) is 17.9. The first-order chi connectivity index (χ1) is 14.2. The van der Waals surface area contributed by atoms with Gasteiger partial charge in [-0.05, 0) is 43.0 Å². The molecule has 2 aromatic carbocycles. The zero-order valence-corrected chi connectivity index (χ0v) is 17.3. The summed E-state index contributed by atoms with van der Waals surface area (Å²) in [6.07, 6.45) is 2.48. The van der Waals surface area contributed by atoms with Gasteiger partial charge in [0.25, 0.3) is 0 Å². The van der Waals surface area contributed by atoms with E-state index in [0.717, 1.165) is 30.3 Å². The molecule has 29 heavy (non-hydrogen) atoms. The van der Waals surface area contributed by atoms with Crippen LogP contribution in [0.3, 0.4) is 0 Å². The van der Waals surface area contributed by atoms with Crippen molar-refractivity contribution >= 4 is 29.0 Å². The second kappa shape index (κ2) is 9.13. The summed E-state index contributed by atoms with van der Waals surface area (Å²) in [7, 11) is 0. The molecule has 0 unspecified atom stereocenters. The molecular formula is C22H25N5OS. The highest BCUT2D eigenvalue weighted by Gasteiger charge is 2.16. The molecule has 1 aliphatic heterocycles. The van der Waals surface area contributed by atoms with Gasteiger partial charge in [0.05, 0.1) is 5.75 Å². The number of aromatic amines is 1. The maximum Gasteiger partial charge on any atom is 0.234 e. The van der Waals surface area contributed by atoms with Gasteiger partial charge < -0.3 is 10.2 Å². The third-order valence-corrected chi connectivity index (χ3v) is 5.99. The van der Waals surface area contributed by atoms with E-state index < -0.39 is 0 Å². The van der Waals surface area contributed by atoms with Crippen molar-refractivity contribution in [2.24, 2.45) is 5.92 Å². The zero-order valence-electron chi connectivity index (χ0n) is 16.5. The molecule has 4 rings (SSSR count). The first kappa shape index (κ1) is 19.5. The van der Waals surface area contributed by atoms with E-state index in [0.29, 0.717) is 11.0 Å². The minimum Gasteiger partial charge on any atom is -0.372 e. The Bertz CT molecular complexity index is 933.